The molecular weight excluding hydrogens is 516 g/mol. The Morgan fingerprint density at radius 1 is 0.902 bits per heavy atom. The summed E-state index contributed by atoms with van der Waals surface area (Å²) in [5.41, 5.74) is 2.33. The van der Waals surface area contributed by atoms with E-state index < -0.39 is 29.7 Å². The van der Waals surface area contributed by atoms with Crippen molar-refractivity contribution in [2.45, 2.75) is 138 Å². The Morgan fingerprint density at radius 3 is 2.22 bits per heavy atom. The number of hydrogen-bond acceptors (Lipinski definition) is 6. The second-order valence-electron chi connectivity index (χ2n) is 14.2. The fourth-order valence-electron chi connectivity index (χ4n) is 9.15. The van der Waals surface area contributed by atoms with Gasteiger partial charge in [0.25, 0.3) is 0 Å². The topological polar surface area (TPSA) is 78.9 Å². The maximum absolute atomic E-state index is 12.9. The molecule has 230 valence electrons. The van der Waals surface area contributed by atoms with E-state index in [4.69, 9.17) is 14.2 Å². The van der Waals surface area contributed by atoms with Crippen LogP contribution in [0.2, 0.25) is 0 Å². The predicted molar refractivity (Wildman–Crippen MR) is 160 cm³/mol. The number of rotatable bonds is 10. The van der Waals surface area contributed by atoms with Gasteiger partial charge in [-0.05, 0) is 60.7 Å². The van der Waals surface area contributed by atoms with Crippen molar-refractivity contribution in [3.8, 4) is 0 Å². The van der Waals surface area contributed by atoms with E-state index in [1.165, 1.54) is 44.6 Å². The lowest BCUT2D eigenvalue weighted by Gasteiger charge is -2.58. The van der Waals surface area contributed by atoms with E-state index >= 15 is 0 Å². The molecule has 4 aliphatic rings. The Labute approximate surface area is 248 Å². The maximum atomic E-state index is 12.9. The van der Waals surface area contributed by atoms with Gasteiger partial charge < -0.3 is 14.2 Å². The summed E-state index contributed by atoms with van der Waals surface area (Å²) in [6.45, 7) is 16.7. The number of allylic oxidation sites excluding steroid dienone is 3. The minimum Gasteiger partial charge on any atom is -0.458 e. The van der Waals surface area contributed by atoms with E-state index in [0.717, 1.165) is 24.3 Å². The van der Waals surface area contributed by atoms with Gasteiger partial charge in [0.1, 0.15) is 6.10 Å². The van der Waals surface area contributed by atoms with Gasteiger partial charge >= 0.3 is 17.9 Å². The Hall–Kier alpha value is -2.11. The highest BCUT2D eigenvalue weighted by Gasteiger charge is 2.63. The molecule has 41 heavy (non-hydrogen) atoms. The SMILES string of the molecule is CCC(=O)O[C@H]1[C@H](OC(C)=O)CC2=CC=C3[C@@H]4CC[C@H]([C@H](C)CCCC(C)C)[C@@]4(C)CC[C@@H]3[C@@]2(C)[C@H]1OC(=O)CC. The molecule has 0 amide bonds. The van der Waals surface area contributed by atoms with Crippen molar-refractivity contribution in [1.82, 2.24) is 0 Å². The lowest BCUT2D eigenvalue weighted by atomic mass is 9.49. The zero-order valence-electron chi connectivity index (χ0n) is 26.8. The van der Waals surface area contributed by atoms with Crippen LogP contribution in [0.1, 0.15) is 120 Å². The normalized spacial score (nSPS) is 36.7. The summed E-state index contributed by atoms with van der Waals surface area (Å²) >= 11 is 0. The average Bonchev–Trinajstić information content (AvgIpc) is 3.27. The fraction of sp³-hybridized carbons (Fsp3) is 0.800. The molecule has 0 bridgehead atoms. The van der Waals surface area contributed by atoms with Crippen molar-refractivity contribution >= 4 is 17.9 Å². The molecule has 4 rings (SSSR count). The molecule has 0 aromatic heterocycles. The van der Waals surface area contributed by atoms with Crippen LogP contribution < -0.4 is 0 Å². The zero-order chi connectivity index (χ0) is 30.1. The Morgan fingerprint density at radius 2 is 1.59 bits per heavy atom. The van der Waals surface area contributed by atoms with Crippen molar-refractivity contribution < 1.29 is 28.6 Å². The van der Waals surface area contributed by atoms with Gasteiger partial charge in [0.2, 0.25) is 0 Å². The van der Waals surface area contributed by atoms with Crippen LogP contribution in [0.3, 0.4) is 0 Å². The van der Waals surface area contributed by atoms with Crippen LogP contribution in [0.25, 0.3) is 0 Å². The molecule has 3 saturated carbocycles. The molecule has 0 aromatic rings. The van der Waals surface area contributed by atoms with Gasteiger partial charge in [-0.3, -0.25) is 14.4 Å². The van der Waals surface area contributed by atoms with Gasteiger partial charge in [-0.2, -0.15) is 0 Å². The third-order valence-electron chi connectivity index (χ3n) is 11.3. The van der Waals surface area contributed by atoms with Gasteiger partial charge in [-0.15, -0.1) is 0 Å². The largest absolute Gasteiger partial charge is 0.458 e. The lowest BCUT2D eigenvalue weighted by molar-refractivity contribution is -0.206. The number of fused-ring (bicyclic) bond motifs is 5. The highest BCUT2D eigenvalue weighted by atomic mass is 16.6. The highest BCUT2D eigenvalue weighted by Crippen LogP contribution is 2.66. The molecule has 0 radical (unpaired) electrons. The van der Waals surface area contributed by atoms with Gasteiger partial charge in [-0.25, -0.2) is 0 Å². The van der Waals surface area contributed by atoms with Crippen LogP contribution in [-0.4, -0.2) is 36.2 Å². The second kappa shape index (κ2) is 12.6. The van der Waals surface area contributed by atoms with Gasteiger partial charge in [0.05, 0.1) is 0 Å². The van der Waals surface area contributed by atoms with E-state index in [9.17, 15) is 14.4 Å². The Balaban J connectivity index is 1.69. The zero-order valence-corrected chi connectivity index (χ0v) is 26.8. The highest BCUT2D eigenvalue weighted by molar-refractivity contribution is 5.71. The summed E-state index contributed by atoms with van der Waals surface area (Å²) in [6, 6.07) is 0. The fourth-order valence-corrected chi connectivity index (χ4v) is 9.15. The molecule has 4 aliphatic carbocycles. The van der Waals surface area contributed by atoms with Crippen LogP contribution >= 0.6 is 0 Å². The van der Waals surface area contributed by atoms with Crippen LogP contribution in [0, 0.1) is 40.4 Å². The van der Waals surface area contributed by atoms with Gasteiger partial charge in [0, 0.05) is 31.6 Å². The second-order valence-corrected chi connectivity index (χ2v) is 14.2. The first-order chi connectivity index (χ1) is 19.4. The summed E-state index contributed by atoms with van der Waals surface area (Å²) in [5.74, 6) is 1.72. The van der Waals surface area contributed by atoms with Crippen molar-refractivity contribution in [2.24, 2.45) is 40.4 Å². The molecule has 6 nitrogen and oxygen atoms in total. The summed E-state index contributed by atoms with van der Waals surface area (Å²) in [7, 11) is 0. The molecule has 9 atom stereocenters. The third-order valence-corrected chi connectivity index (χ3v) is 11.3. The van der Waals surface area contributed by atoms with E-state index in [1.54, 1.807) is 13.8 Å². The first kappa shape index (κ1) is 31.8. The molecule has 0 spiro atoms. The van der Waals surface area contributed by atoms with E-state index in [1.807, 2.05) is 0 Å². The average molecular weight is 571 g/mol. The quantitative estimate of drug-likeness (QED) is 0.197. The molecule has 0 heterocycles. The molecular formula is C35H54O6. The van der Waals surface area contributed by atoms with Gasteiger partial charge in [0.15, 0.2) is 12.2 Å². The van der Waals surface area contributed by atoms with Crippen molar-refractivity contribution in [3.63, 3.8) is 0 Å². The van der Waals surface area contributed by atoms with Gasteiger partial charge in [-0.1, -0.05) is 91.0 Å². The minimum atomic E-state index is -0.839. The third kappa shape index (κ3) is 6.04. The summed E-state index contributed by atoms with van der Waals surface area (Å²) in [5, 5.41) is 0. The number of hydrogen-bond donors (Lipinski definition) is 0. The minimum absolute atomic E-state index is 0.186. The van der Waals surface area contributed by atoms with Crippen LogP contribution in [0.5, 0.6) is 0 Å². The van der Waals surface area contributed by atoms with Crippen molar-refractivity contribution in [2.75, 3.05) is 0 Å². The van der Waals surface area contributed by atoms with Crippen molar-refractivity contribution in [3.05, 3.63) is 23.3 Å². The smallest absolute Gasteiger partial charge is 0.306 e. The number of esters is 3. The molecule has 0 unspecified atom stereocenters. The Bertz CT molecular complexity index is 1060. The number of carbonyl (C=O) groups excluding carboxylic acids is 3. The molecule has 6 heteroatoms. The summed E-state index contributed by atoms with van der Waals surface area (Å²) in [4.78, 5) is 37.6. The molecule has 0 saturated heterocycles. The maximum Gasteiger partial charge on any atom is 0.306 e. The van der Waals surface area contributed by atoms with E-state index in [2.05, 4.69) is 46.8 Å². The predicted octanol–water partition coefficient (Wildman–Crippen LogP) is 7.74. The van der Waals surface area contributed by atoms with Crippen molar-refractivity contribution in [1.29, 1.82) is 0 Å². The number of carbonyl (C=O) groups is 3. The van der Waals surface area contributed by atoms with E-state index in [-0.39, 0.29) is 36.1 Å². The molecule has 3 fully saturated rings. The molecule has 0 aromatic carbocycles. The van der Waals surface area contributed by atoms with Crippen LogP contribution in [0.15, 0.2) is 23.3 Å². The number of ether oxygens (including phenoxy) is 3. The summed E-state index contributed by atoms with van der Waals surface area (Å²) < 4.78 is 17.9. The van der Waals surface area contributed by atoms with E-state index in [0.29, 0.717) is 24.2 Å². The monoisotopic (exact) mass is 570 g/mol. The lowest BCUT2D eigenvalue weighted by Crippen LogP contribution is -2.61. The summed E-state index contributed by atoms with van der Waals surface area (Å²) in [6.07, 6.45) is 11.7. The molecule has 0 aliphatic heterocycles. The van der Waals surface area contributed by atoms with Crippen LogP contribution in [-0.2, 0) is 28.6 Å². The Kier molecular flexibility index (Phi) is 9.80. The first-order valence-electron chi connectivity index (χ1n) is 16.3. The standard InChI is InChI=1S/C35H54O6/c1-9-30(37)40-32-29(39-23(6)36)20-24-14-15-25-27-17-16-26(22(5)13-11-12-21(3)4)34(27,7)19-18-28(25)35(24,8)33(32)41-31(38)10-2/h14-15,21-22,26-29,32-33H,9-13,16-20H2,1-8H3/t22-,26-,27+,28+,29-,32+,33+,34-,35+/m1/s1. The van der Waals surface area contributed by atoms with Crippen LogP contribution in [0.4, 0.5) is 0 Å². The first-order valence-corrected chi connectivity index (χ1v) is 16.3. The molecule has 0 N–H and O–H groups in total.